The minimum atomic E-state index is -3.87. The van der Waals surface area contributed by atoms with Gasteiger partial charge in [-0.25, -0.2) is 13.1 Å². The average molecular weight is 471 g/mol. The number of nitrogens with one attached hydrogen (secondary N) is 1. The lowest BCUT2D eigenvalue weighted by molar-refractivity contribution is -0.140. The zero-order valence-electron chi connectivity index (χ0n) is 19.0. The molecular weight excluding hydrogens is 440 g/mol. The molecule has 4 rings (SSSR count). The lowest BCUT2D eigenvalue weighted by atomic mass is 9.81. The molecule has 1 N–H and O–H groups in total. The lowest BCUT2D eigenvalue weighted by Gasteiger charge is -2.19. The molecule has 33 heavy (non-hydrogen) atoms. The summed E-state index contributed by atoms with van der Waals surface area (Å²) in [5, 5.41) is 0. The van der Waals surface area contributed by atoms with Crippen LogP contribution < -0.4 is 9.46 Å². The number of likely N-dealkylation sites (tertiary alicyclic amines) is 1. The summed E-state index contributed by atoms with van der Waals surface area (Å²) in [6, 6.07) is 14.4. The summed E-state index contributed by atoms with van der Waals surface area (Å²) in [5.41, 5.74) is 1.61. The zero-order valence-corrected chi connectivity index (χ0v) is 19.8. The van der Waals surface area contributed by atoms with Gasteiger partial charge in [0.2, 0.25) is 21.8 Å². The molecule has 0 spiro atoms. The summed E-state index contributed by atoms with van der Waals surface area (Å²) in [6.07, 6.45) is 3.42. The molecule has 2 aromatic rings. The summed E-state index contributed by atoms with van der Waals surface area (Å²) in [4.78, 5) is 26.9. The van der Waals surface area contributed by atoms with Crippen molar-refractivity contribution in [3.63, 3.8) is 0 Å². The van der Waals surface area contributed by atoms with Crippen LogP contribution in [0.15, 0.2) is 53.4 Å². The minimum Gasteiger partial charge on any atom is -0.495 e. The predicted molar refractivity (Wildman–Crippen MR) is 124 cm³/mol. The largest absolute Gasteiger partial charge is 0.495 e. The maximum Gasteiger partial charge on any atom is 0.244 e. The van der Waals surface area contributed by atoms with Crippen LogP contribution in [0.25, 0.3) is 0 Å². The van der Waals surface area contributed by atoms with Gasteiger partial charge in [0.25, 0.3) is 0 Å². The topological polar surface area (TPSA) is 92.8 Å². The van der Waals surface area contributed by atoms with E-state index in [9.17, 15) is 18.0 Å². The highest BCUT2D eigenvalue weighted by molar-refractivity contribution is 7.89. The van der Waals surface area contributed by atoms with Crippen molar-refractivity contribution >= 4 is 21.8 Å². The SMILES string of the molecule is COc1ccc(CN2C(=O)[C@H]3CCCC[C@@H]3C2=O)cc1S(=O)(=O)NC[C@H](C)c1ccccc1. The second kappa shape index (κ2) is 9.65. The number of methoxy groups -OCH3 is 1. The Morgan fingerprint density at radius 3 is 2.27 bits per heavy atom. The van der Waals surface area contributed by atoms with Crippen LogP contribution in [0, 0.1) is 11.8 Å². The summed E-state index contributed by atoms with van der Waals surface area (Å²) in [6.45, 7) is 2.25. The molecule has 2 aliphatic rings. The van der Waals surface area contributed by atoms with E-state index in [0.717, 1.165) is 31.2 Å². The Morgan fingerprint density at radius 2 is 1.67 bits per heavy atom. The molecular formula is C25H30N2O5S. The van der Waals surface area contributed by atoms with Crippen molar-refractivity contribution < 1.29 is 22.7 Å². The van der Waals surface area contributed by atoms with Crippen molar-refractivity contribution in [3.8, 4) is 5.75 Å². The van der Waals surface area contributed by atoms with E-state index in [-0.39, 0.29) is 53.3 Å². The van der Waals surface area contributed by atoms with E-state index in [1.54, 1.807) is 12.1 Å². The average Bonchev–Trinajstić information content (AvgIpc) is 3.08. The number of hydrogen-bond acceptors (Lipinski definition) is 5. The summed E-state index contributed by atoms with van der Waals surface area (Å²) >= 11 is 0. The summed E-state index contributed by atoms with van der Waals surface area (Å²) < 4.78 is 34.2. The molecule has 1 saturated heterocycles. The van der Waals surface area contributed by atoms with Crippen molar-refractivity contribution in [1.29, 1.82) is 0 Å². The van der Waals surface area contributed by atoms with Crippen LogP contribution in [0.3, 0.4) is 0 Å². The Balaban J connectivity index is 1.53. The Morgan fingerprint density at radius 1 is 1.03 bits per heavy atom. The third-order valence-corrected chi connectivity index (χ3v) is 8.18. The fourth-order valence-corrected chi connectivity index (χ4v) is 6.16. The monoisotopic (exact) mass is 470 g/mol. The standard InChI is InChI=1S/C25H30N2O5S/c1-17(19-8-4-3-5-9-19)15-26-33(30,31)23-14-18(12-13-22(23)32-2)16-27-24(28)20-10-6-7-11-21(20)25(27)29/h3-5,8-9,12-14,17,20-21,26H,6-7,10-11,15-16H2,1-2H3/t17-,20-,21-/m0/s1. The van der Waals surface area contributed by atoms with E-state index in [2.05, 4.69) is 4.72 Å². The first kappa shape index (κ1) is 23.4. The lowest BCUT2D eigenvalue weighted by Crippen LogP contribution is -2.31. The van der Waals surface area contributed by atoms with E-state index < -0.39 is 10.0 Å². The van der Waals surface area contributed by atoms with Crippen molar-refractivity contribution in [2.75, 3.05) is 13.7 Å². The zero-order chi connectivity index (χ0) is 23.6. The smallest absolute Gasteiger partial charge is 0.244 e. The molecule has 3 atom stereocenters. The number of hydrogen-bond donors (Lipinski definition) is 1. The number of fused-ring (bicyclic) bond motifs is 1. The van der Waals surface area contributed by atoms with Crippen molar-refractivity contribution in [1.82, 2.24) is 9.62 Å². The molecule has 8 heteroatoms. The van der Waals surface area contributed by atoms with Crippen LogP contribution in [0.1, 0.15) is 49.7 Å². The molecule has 0 unspecified atom stereocenters. The van der Waals surface area contributed by atoms with Gasteiger partial charge in [-0.1, -0.05) is 56.2 Å². The molecule has 1 aliphatic heterocycles. The normalized spacial score (nSPS) is 21.7. The van der Waals surface area contributed by atoms with E-state index in [0.29, 0.717) is 5.56 Å². The molecule has 1 saturated carbocycles. The molecule has 2 fully saturated rings. The fourth-order valence-electron chi connectivity index (χ4n) is 4.81. The molecule has 1 heterocycles. The van der Waals surface area contributed by atoms with Crippen LogP contribution in [-0.2, 0) is 26.2 Å². The van der Waals surface area contributed by atoms with Gasteiger partial charge in [0.05, 0.1) is 25.5 Å². The molecule has 2 amide bonds. The Bertz CT molecular complexity index is 1110. The van der Waals surface area contributed by atoms with Crippen molar-refractivity contribution in [2.24, 2.45) is 11.8 Å². The molecule has 0 aromatic heterocycles. The first-order chi connectivity index (χ1) is 15.8. The quantitative estimate of drug-likeness (QED) is 0.597. The summed E-state index contributed by atoms with van der Waals surface area (Å²) in [5.74, 6) is -0.535. The van der Waals surface area contributed by atoms with Crippen LogP contribution in [0.5, 0.6) is 5.75 Å². The molecule has 2 aromatic carbocycles. The number of rotatable bonds is 8. The highest BCUT2D eigenvalue weighted by atomic mass is 32.2. The second-order valence-corrected chi connectivity index (χ2v) is 10.6. The third-order valence-electron chi connectivity index (χ3n) is 6.74. The van der Waals surface area contributed by atoms with E-state index in [4.69, 9.17) is 4.74 Å². The highest BCUT2D eigenvalue weighted by Crippen LogP contribution is 2.39. The number of ether oxygens (including phenoxy) is 1. The predicted octanol–water partition coefficient (Wildman–Crippen LogP) is 3.45. The van der Waals surface area contributed by atoms with Crippen molar-refractivity contribution in [3.05, 3.63) is 59.7 Å². The first-order valence-electron chi connectivity index (χ1n) is 11.4. The van der Waals surface area contributed by atoms with Gasteiger partial charge in [-0.05, 0) is 42.0 Å². The maximum atomic E-state index is 13.1. The van der Waals surface area contributed by atoms with Crippen LogP contribution in [0.4, 0.5) is 0 Å². The van der Waals surface area contributed by atoms with Crippen LogP contribution in [0.2, 0.25) is 0 Å². The molecule has 0 bridgehead atoms. The van der Waals surface area contributed by atoms with Crippen LogP contribution >= 0.6 is 0 Å². The van der Waals surface area contributed by atoms with E-state index >= 15 is 0 Å². The number of benzene rings is 2. The summed E-state index contributed by atoms with van der Waals surface area (Å²) in [7, 11) is -2.46. The van der Waals surface area contributed by atoms with Gasteiger partial charge in [0, 0.05) is 6.54 Å². The molecule has 1 aliphatic carbocycles. The van der Waals surface area contributed by atoms with E-state index in [1.165, 1.54) is 18.1 Å². The highest BCUT2D eigenvalue weighted by Gasteiger charge is 2.47. The fraction of sp³-hybridized carbons (Fsp3) is 0.440. The third kappa shape index (κ3) is 4.82. The van der Waals surface area contributed by atoms with Crippen molar-refractivity contribution in [2.45, 2.75) is 50.0 Å². The van der Waals surface area contributed by atoms with Gasteiger partial charge in [0.15, 0.2) is 0 Å². The minimum absolute atomic E-state index is 0.000673. The first-order valence-corrected chi connectivity index (χ1v) is 12.9. The molecule has 0 radical (unpaired) electrons. The Labute approximate surface area is 195 Å². The Hall–Kier alpha value is -2.71. The van der Waals surface area contributed by atoms with Gasteiger partial charge in [-0.3, -0.25) is 14.5 Å². The number of nitrogens with zero attached hydrogens (tertiary/aromatic N) is 1. The van der Waals surface area contributed by atoms with Gasteiger partial charge >= 0.3 is 0 Å². The van der Waals surface area contributed by atoms with E-state index in [1.807, 2.05) is 37.3 Å². The Kier molecular flexibility index (Phi) is 6.86. The number of carbonyl (C=O) groups excluding carboxylic acids is 2. The maximum absolute atomic E-state index is 13.1. The molecule has 176 valence electrons. The van der Waals surface area contributed by atoms with Crippen LogP contribution in [-0.4, -0.2) is 38.8 Å². The number of amides is 2. The number of imide groups is 1. The van der Waals surface area contributed by atoms with Gasteiger partial charge < -0.3 is 4.74 Å². The van der Waals surface area contributed by atoms with Gasteiger partial charge in [-0.2, -0.15) is 0 Å². The number of sulfonamides is 1. The molecule has 7 nitrogen and oxygen atoms in total. The number of carbonyl (C=O) groups is 2. The van der Waals surface area contributed by atoms with Gasteiger partial charge in [0.1, 0.15) is 10.6 Å². The van der Waals surface area contributed by atoms with Gasteiger partial charge in [-0.15, -0.1) is 0 Å². The second-order valence-electron chi connectivity index (χ2n) is 8.91.